The number of rotatable bonds is 25. The smallest absolute Gasteiger partial charge is 0.306 e. The molecule has 3 heteroatoms. The highest BCUT2D eigenvalue weighted by Crippen LogP contribution is 2.34. The Morgan fingerprint density at radius 3 is 1.48 bits per heavy atom. The summed E-state index contributed by atoms with van der Waals surface area (Å²) >= 11 is 0. The van der Waals surface area contributed by atoms with Gasteiger partial charge in [0.1, 0.15) is 11.9 Å². The first-order valence-electron chi connectivity index (χ1n) is 18.7. The maximum atomic E-state index is 12.5. The Balaban J connectivity index is 1.41. The van der Waals surface area contributed by atoms with Crippen molar-refractivity contribution in [2.75, 3.05) is 6.61 Å². The Labute approximate surface area is 281 Å². The van der Waals surface area contributed by atoms with Gasteiger partial charge in [-0.25, -0.2) is 0 Å². The van der Waals surface area contributed by atoms with Crippen LogP contribution in [0.15, 0.2) is 72.8 Å². The van der Waals surface area contributed by atoms with Crippen LogP contribution in [0, 0.1) is 0 Å². The highest BCUT2D eigenvalue weighted by molar-refractivity contribution is 5.83. The summed E-state index contributed by atoms with van der Waals surface area (Å²) in [5, 5.41) is 0. The van der Waals surface area contributed by atoms with Gasteiger partial charge in [0.05, 0.1) is 6.61 Å². The van der Waals surface area contributed by atoms with Gasteiger partial charge in [-0.3, -0.25) is 4.79 Å². The third-order valence-corrected chi connectivity index (χ3v) is 9.09. The second kappa shape index (κ2) is 23.3. The molecule has 0 radical (unpaired) electrons. The first-order chi connectivity index (χ1) is 22.6. The standard InChI is InChI=1S/C43H62O3/c1-4-6-8-10-12-14-16-18-20-26-43(44)46-36(3)37-27-29-38(30-28-37)41-24-21-22-25-42(41)39-31-33-40(34-32-39)45-35-23-19-17-15-13-11-9-7-5-2/h21-22,24-25,27-34,36H,4-20,23,26,35H2,1-3H3. The van der Waals surface area contributed by atoms with E-state index in [0.29, 0.717) is 6.42 Å². The first kappa shape index (κ1) is 37.4. The van der Waals surface area contributed by atoms with Crippen molar-refractivity contribution in [1.29, 1.82) is 0 Å². The van der Waals surface area contributed by atoms with E-state index in [4.69, 9.17) is 9.47 Å². The van der Waals surface area contributed by atoms with Gasteiger partial charge in [0.15, 0.2) is 0 Å². The zero-order chi connectivity index (χ0) is 32.7. The van der Waals surface area contributed by atoms with Crippen LogP contribution in [0.4, 0.5) is 0 Å². The average Bonchev–Trinajstić information content (AvgIpc) is 3.08. The molecule has 3 nitrogen and oxygen atoms in total. The van der Waals surface area contributed by atoms with Crippen LogP contribution in [0.2, 0.25) is 0 Å². The van der Waals surface area contributed by atoms with Crippen LogP contribution in [0.3, 0.4) is 0 Å². The van der Waals surface area contributed by atoms with Gasteiger partial charge in [0.25, 0.3) is 0 Å². The Bertz CT molecular complexity index is 1200. The molecule has 0 aliphatic rings. The van der Waals surface area contributed by atoms with Crippen molar-refractivity contribution in [3.05, 3.63) is 78.4 Å². The molecule has 0 saturated heterocycles. The van der Waals surface area contributed by atoms with Crippen LogP contribution in [-0.2, 0) is 9.53 Å². The number of ether oxygens (including phenoxy) is 2. The predicted octanol–water partition coefficient (Wildman–Crippen LogP) is 13.5. The van der Waals surface area contributed by atoms with E-state index in [1.54, 1.807) is 0 Å². The lowest BCUT2D eigenvalue weighted by Crippen LogP contribution is -2.08. The predicted molar refractivity (Wildman–Crippen MR) is 196 cm³/mol. The molecule has 0 aliphatic heterocycles. The third-order valence-electron chi connectivity index (χ3n) is 9.09. The van der Waals surface area contributed by atoms with Crippen molar-refractivity contribution in [2.24, 2.45) is 0 Å². The van der Waals surface area contributed by atoms with Crippen LogP contribution in [0.25, 0.3) is 22.3 Å². The lowest BCUT2D eigenvalue weighted by Gasteiger charge is -2.15. The molecule has 0 amide bonds. The van der Waals surface area contributed by atoms with Gasteiger partial charge in [-0.05, 0) is 59.7 Å². The Kier molecular flexibility index (Phi) is 18.9. The molecular weight excluding hydrogens is 564 g/mol. The van der Waals surface area contributed by atoms with Crippen molar-refractivity contribution < 1.29 is 14.3 Å². The van der Waals surface area contributed by atoms with E-state index >= 15 is 0 Å². The third kappa shape index (κ3) is 14.6. The second-order valence-corrected chi connectivity index (χ2v) is 13.1. The summed E-state index contributed by atoms with van der Waals surface area (Å²) in [6.45, 7) is 7.28. The van der Waals surface area contributed by atoms with Crippen LogP contribution in [0.1, 0.15) is 154 Å². The summed E-state index contributed by atoms with van der Waals surface area (Å²) in [7, 11) is 0. The lowest BCUT2D eigenvalue weighted by molar-refractivity contribution is -0.148. The molecule has 0 spiro atoms. The summed E-state index contributed by atoms with van der Waals surface area (Å²) < 4.78 is 11.8. The molecular formula is C43H62O3. The number of unbranched alkanes of at least 4 members (excludes halogenated alkanes) is 16. The first-order valence-corrected chi connectivity index (χ1v) is 18.7. The molecule has 0 saturated carbocycles. The van der Waals surface area contributed by atoms with Crippen LogP contribution in [0.5, 0.6) is 5.75 Å². The maximum absolute atomic E-state index is 12.5. The van der Waals surface area contributed by atoms with Crippen LogP contribution >= 0.6 is 0 Å². The number of carbonyl (C=O) groups is 1. The summed E-state index contributed by atoms with van der Waals surface area (Å²) in [6, 6.07) is 25.5. The minimum Gasteiger partial charge on any atom is -0.494 e. The summed E-state index contributed by atoms with van der Waals surface area (Å²) in [5.41, 5.74) is 5.73. The van der Waals surface area contributed by atoms with Crippen LogP contribution in [-0.4, -0.2) is 12.6 Å². The molecule has 3 aromatic carbocycles. The normalized spacial score (nSPS) is 11.8. The van der Waals surface area contributed by atoms with E-state index in [-0.39, 0.29) is 12.1 Å². The van der Waals surface area contributed by atoms with Gasteiger partial charge in [-0.2, -0.15) is 0 Å². The molecule has 0 fully saturated rings. The molecule has 1 unspecified atom stereocenters. The van der Waals surface area contributed by atoms with Gasteiger partial charge in [-0.15, -0.1) is 0 Å². The molecule has 1 atom stereocenters. The molecule has 0 bridgehead atoms. The fraction of sp³-hybridized carbons (Fsp3) is 0.558. The summed E-state index contributed by atoms with van der Waals surface area (Å²) in [5.74, 6) is 0.844. The number of esters is 1. The van der Waals surface area contributed by atoms with Gasteiger partial charge < -0.3 is 9.47 Å². The Morgan fingerprint density at radius 1 is 0.543 bits per heavy atom. The average molecular weight is 627 g/mol. The van der Waals surface area contributed by atoms with E-state index in [0.717, 1.165) is 42.7 Å². The van der Waals surface area contributed by atoms with E-state index in [9.17, 15) is 4.79 Å². The highest BCUT2D eigenvalue weighted by Gasteiger charge is 2.13. The molecule has 3 aromatic rings. The SMILES string of the molecule is CCCCCCCCCCCOc1ccc(-c2ccccc2-c2ccc(C(C)OC(=O)CCCCCCCCCCC)cc2)cc1. The van der Waals surface area contributed by atoms with Gasteiger partial charge in [0.2, 0.25) is 0 Å². The summed E-state index contributed by atoms with van der Waals surface area (Å²) in [4.78, 5) is 12.5. The maximum Gasteiger partial charge on any atom is 0.306 e. The number of benzene rings is 3. The molecule has 3 rings (SSSR count). The fourth-order valence-corrected chi connectivity index (χ4v) is 6.16. The Morgan fingerprint density at radius 2 is 0.978 bits per heavy atom. The molecule has 46 heavy (non-hydrogen) atoms. The second-order valence-electron chi connectivity index (χ2n) is 13.1. The van der Waals surface area contributed by atoms with Gasteiger partial charge in [0, 0.05) is 6.42 Å². The van der Waals surface area contributed by atoms with Crippen molar-refractivity contribution >= 4 is 5.97 Å². The number of carbonyl (C=O) groups excluding carboxylic acids is 1. The van der Waals surface area contributed by atoms with Crippen molar-refractivity contribution in [3.63, 3.8) is 0 Å². The molecule has 0 N–H and O–H groups in total. The molecule has 0 aliphatic carbocycles. The van der Waals surface area contributed by atoms with Crippen molar-refractivity contribution in [2.45, 2.75) is 149 Å². The molecule has 0 aromatic heterocycles. The Hall–Kier alpha value is -3.07. The monoisotopic (exact) mass is 626 g/mol. The fourth-order valence-electron chi connectivity index (χ4n) is 6.16. The minimum absolute atomic E-state index is 0.0922. The van der Waals surface area contributed by atoms with E-state index in [1.165, 1.54) is 113 Å². The molecule has 252 valence electrons. The van der Waals surface area contributed by atoms with E-state index in [2.05, 4.69) is 86.6 Å². The summed E-state index contributed by atoms with van der Waals surface area (Å²) in [6.07, 6.45) is 23.4. The van der Waals surface area contributed by atoms with Crippen molar-refractivity contribution in [3.8, 4) is 28.0 Å². The van der Waals surface area contributed by atoms with E-state index in [1.807, 2.05) is 6.92 Å². The van der Waals surface area contributed by atoms with E-state index < -0.39 is 0 Å². The van der Waals surface area contributed by atoms with Gasteiger partial charge >= 0.3 is 5.97 Å². The minimum atomic E-state index is -0.251. The topological polar surface area (TPSA) is 35.5 Å². The largest absolute Gasteiger partial charge is 0.494 e. The molecule has 0 heterocycles. The lowest BCUT2D eigenvalue weighted by atomic mass is 9.93. The number of hydrogen-bond donors (Lipinski definition) is 0. The quantitative estimate of drug-likeness (QED) is 0.0693. The van der Waals surface area contributed by atoms with Gasteiger partial charge in [-0.1, -0.05) is 177 Å². The van der Waals surface area contributed by atoms with Crippen LogP contribution < -0.4 is 4.74 Å². The zero-order valence-corrected chi connectivity index (χ0v) is 29.4. The zero-order valence-electron chi connectivity index (χ0n) is 29.4. The number of hydrogen-bond acceptors (Lipinski definition) is 3. The van der Waals surface area contributed by atoms with Crippen molar-refractivity contribution in [1.82, 2.24) is 0 Å². The highest BCUT2D eigenvalue weighted by atomic mass is 16.5.